The van der Waals surface area contributed by atoms with Gasteiger partial charge in [0.2, 0.25) is 0 Å². The minimum absolute atomic E-state index is 0.205. The van der Waals surface area contributed by atoms with Gasteiger partial charge in [-0.3, -0.25) is 0 Å². The average molecular weight is 203 g/mol. The molecular weight excluding hydrogens is 190 g/mol. The number of carbonyl (C=O) groups excluding carboxylic acids is 1. The Morgan fingerprint density at radius 1 is 1.47 bits per heavy atom. The summed E-state index contributed by atoms with van der Waals surface area (Å²) in [4.78, 5) is 10.9. The molecule has 0 saturated carbocycles. The molecule has 2 aromatic rings. The number of rotatable bonds is 3. The van der Waals surface area contributed by atoms with Gasteiger partial charge in [-0.25, -0.2) is 4.68 Å². The number of fused-ring (bicyclic) bond motifs is 1. The van der Waals surface area contributed by atoms with Crippen molar-refractivity contribution in [3.05, 3.63) is 23.8 Å². The molecule has 0 aliphatic rings. The molecule has 0 N–H and O–H groups in total. The lowest BCUT2D eigenvalue weighted by atomic mass is 10.1. The van der Waals surface area contributed by atoms with Crippen LogP contribution in [-0.2, 0) is 18.3 Å². The van der Waals surface area contributed by atoms with Crippen LogP contribution in [0.1, 0.15) is 18.9 Å². The fourth-order valence-electron chi connectivity index (χ4n) is 1.63. The lowest BCUT2D eigenvalue weighted by Crippen LogP contribution is -1.95. The number of aromatic nitrogens is 3. The first-order valence-corrected chi connectivity index (χ1v) is 4.95. The van der Waals surface area contributed by atoms with E-state index in [2.05, 4.69) is 10.3 Å². The van der Waals surface area contributed by atoms with E-state index in [1.54, 1.807) is 11.6 Å². The Bertz CT molecular complexity index is 502. The molecule has 0 fully saturated rings. The van der Waals surface area contributed by atoms with Gasteiger partial charge in [0.1, 0.15) is 11.3 Å². The van der Waals surface area contributed by atoms with Crippen LogP contribution in [0.25, 0.3) is 11.0 Å². The van der Waals surface area contributed by atoms with E-state index in [0.717, 1.165) is 23.0 Å². The van der Waals surface area contributed by atoms with E-state index >= 15 is 0 Å². The van der Waals surface area contributed by atoms with Crippen LogP contribution in [0.3, 0.4) is 0 Å². The third-order valence-electron chi connectivity index (χ3n) is 2.47. The average Bonchev–Trinajstić information content (AvgIpc) is 2.58. The number of hydrogen-bond donors (Lipinski definition) is 0. The zero-order valence-electron chi connectivity index (χ0n) is 8.90. The number of hydrogen-bond acceptors (Lipinski definition) is 3. The lowest BCUT2D eigenvalue weighted by Gasteiger charge is -1.99. The van der Waals surface area contributed by atoms with Gasteiger partial charge in [0.25, 0.3) is 0 Å². The van der Waals surface area contributed by atoms with Crippen LogP contribution in [-0.4, -0.2) is 20.8 Å². The Kier molecular flexibility index (Phi) is 2.49. The Morgan fingerprint density at radius 2 is 2.27 bits per heavy atom. The molecule has 0 unspecified atom stereocenters. The highest BCUT2D eigenvalue weighted by Crippen LogP contribution is 2.16. The molecular formula is C11H13N3O. The molecule has 15 heavy (non-hydrogen) atoms. The third kappa shape index (κ3) is 1.88. The smallest absolute Gasteiger partial charge is 0.130 e. The summed E-state index contributed by atoms with van der Waals surface area (Å²) < 4.78 is 1.74. The van der Waals surface area contributed by atoms with Crippen LogP contribution < -0.4 is 0 Å². The largest absolute Gasteiger partial charge is 0.300 e. The minimum Gasteiger partial charge on any atom is -0.300 e. The molecule has 78 valence electrons. The number of aryl methyl sites for hydroxylation is 2. The van der Waals surface area contributed by atoms with Gasteiger partial charge in [0.05, 0.1) is 5.52 Å². The van der Waals surface area contributed by atoms with Gasteiger partial charge in [0.15, 0.2) is 0 Å². The molecule has 2 rings (SSSR count). The number of Topliss-reactive ketones (excluding diaryl/α,β-unsaturated/α-hetero) is 1. The van der Waals surface area contributed by atoms with Gasteiger partial charge < -0.3 is 4.79 Å². The van der Waals surface area contributed by atoms with E-state index in [1.807, 2.05) is 25.2 Å². The number of ketones is 1. The Hall–Kier alpha value is -1.71. The maximum Gasteiger partial charge on any atom is 0.130 e. The van der Waals surface area contributed by atoms with E-state index in [1.165, 1.54) is 0 Å². The zero-order chi connectivity index (χ0) is 10.8. The standard InChI is InChI=1S/C11H13N3O/c1-8(15)6-7-9-4-3-5-10-11(9)12-13-14(10)2/h3-5H,6-7H2,1-2H3. The van der Waals surface area contributed by atoms with Gasteiger partial charge in [-0.05, 0) is 25.0 Å². The van der Waals surface area contributed by atoms with Gasteiger partial charge in [-0.2, -0.15) is 0 Å². The summed E-state index contributed by atoms with van der Waals surface area (Å²) in [5.41, 5.74) is 3.01. The summed E-state index contributed by atoms with van der Waals surface area (Å²) in [7, 11) is 1.87. The first kappa shape index (κ1) is 9.83. The second-order valence-electron chi connectivity index (χ2n) is 3.70. The fourth-order valence-corrected chi connectivity index (χ4v) is 1.63. The molecule has 0 aliphatic carbocycles. The van der Waals surface area contributed by atoms with Gasteiger partial charge in [0, 0.05) is 13.5 Å². The Labute approximate surface area is 87.9 Å². The van der Waals surface area contributed by atoms with Gasteiger partial charge in [-0.1, -0.05) is 17.3 Å². The Morgan fingerprint density at radius 3 is 3.00 bits per heavy atom. The maximum absolute atomic E-state index is 10.9. The molecule has 0 bridgehead atoms. The molecule has 0 radical (unpaired) electrons. The molecule has 4 nitrogen and oxygen atoms in total. The zero-order valence-corrected chi connectivity index (χ0v) is 8.90. The third-order valence-corrected chi connectivity index (χ3v) is 2.47. The molecule has 0 spiro atoms. The van der Waals surface area contributed by atoms with Crippen molar-refractivity contribution >= 4 is 16.8 Å². The first-order valence-electron chi connectivity index (χ1n) is 4.95. The van der Waals surface area contributed by atoms with Crippen molar-refractivity contribution in [3.63, 3.8) is 0 Å². The molecule has 0 atom stereocenters. The summed E-state index contributed by atoms with van der Waals surface area (Å²) in [5, 5.41) is 8.06. The van der Waals surface area contributed by atoms with Crippen molar-refractivity contribution in [2.75, 3.05) is 0 Å². The highest BCUT2D eigenvalue weighted by molar-refractivity contribution is 5.80. The predicted molar refractivity (Wildman–Crippen MR) is 57.5 cm³/mol. The van der Waals surface area contributed by atoms with Crippen molar-refractivity contribution in [1.82, 2.24) is 15.0 Å². The lowest BCUT2D eigenvalue weighted by molar-refractivity contribution is -0.116. The fraction of sp³-hybridized carbons (Fsp3) is 0.364. The van der Waals surface area contributed by atoms with E-state index in [4.69, 9.17) is 0 Å². The predicted octanol–water partition coefficient (Wildman–Crippen LogP) is 1.49. The second-order valence-corrected chi connectivity index (χ2v) is 3.70. The summed E-state index contributed by atoms with van der Waals surface area (Å²) >= 11 is 0. The van der Waals surface area contributed by atoms with Crippen LogP contribution in [0.15, 0.2) is 18.2 Å². The number of benzene rings is 1. The molecule has 4 heteroatoms. The van der Waals surface area contributed by atoms with Crippen molar-refractivity contribution in [1.29, 1.82) is 0 Å². The van der Waals surface area contributed by atoms with E-state index < -0.39 is 0 Å². The summed E-state index contributed by atoms with van der Waals surface area (Å²) in [5.74, 6) is 0.205. The SMILES string of the molecule is CC(=O)CCc1cccc2c1nnn2C. The first-order chi connectivity index (χ1) is 7.18. The van der Waals surface area contributed by atoms with Crippen molar-refractivity contribution in [3.8, 4) is 0 Å². The van der Waals surface area contributed by atoms with Gasteiger partial charge in [-0.15, -0.1) is 5.10 Å². The minimum atomic E-state index is 0.205. The highest BCUT2D eigenvalue weighted by atomic mass is 16.1. The Balaban J connectivity index is 2.38. The molecule has 1 heterocycles. The summed E-state index contributed by atoms with van der Waals surface area (Å²) in [6, 6.07) is 5.95. The van der Waals surface area contributed by atoms with Crippen molar-refractivity contribution in [2.24, 2.45) is 7.05 Å². The van der Waals surface area contributed by atoms with Crippen LogP contribution in [0.4, 0.5) is 0 Å². The molecule has 0 amide bonds. The maximum atomic E-state index is 10.9. The van der Waals surface area contributed by atoms with E-state index in [9.17, 15) is 4.79 Å². The van der Waals surface area contributed by atoms with Crippen LogP contribution in [0.5, 0.6) is 0 Å². The summed E-state index contributed by atoms with van der Waals surface area (Å²) in [6.07, 6.45) is 1.31. The van der Waals surface area contributed by atoms with Crippen LogP contribution >= 0.6 is 0 Å². The monoisotopic (exact) mass is 203 g/mol. The normalized spacial score (nSPS) is 10.8. The van der Waals surface area contributed by atoms with Crippen LogP contribution in [0.2, 0.25) is 0 Å². The number of nitrogens with zero attached hydrogens (tertiary/aromatic N) is 3. The quantitative estimate of drug-likeness (QED) is 0.759. The van der Waals surface area contributed by atoms with Gasteiger partial charge >= 0.3 is 0 Å². The summed E-state index contributed by atoms with van der Waals surface area (Å²) in [6.45, 7) is 1.61. The molecule has 0 aliphatic heterocycles. The molecule has 1 aromatic carbocycles. The van der Waals surface area contributed by atoms with E-state index in [0.29, 0.717) is 6.42 Å². The van der Waals surface area contributed by atoms with E-state index in [-0.39, 0.29) is 5.78 Å². The number of carbonyl (C=O) groups is 1. The van der Waals surface area contributed by atoms with Crippen molar-refractivity contribution in [2.45, 2.75) is 19.8 Å². The van der Waals surface area contributed by atoms with Crippen molar-refractivity contribution < 1.29 is 4.79 Å². The highest BCUT2D eigenvalue weighted by Gasteiger charge is 2.06. The van der Waals surface area contributed by atoms with Crippen LogP contribution in [0, 0.1) is 0 Å². The molecule has 1 aromatic heterocycles. The molecule has 0 saturated heterocycles. The second kappa shape index (κ2) is 3.81. The topological polar surface area (TPSA) is 47.8 Å².